The average Bonchev–Trinajstić information content (AvgIpc) is 2.15. The Balaban J connectivity index is 3.31. The molecule has 0 saturated carbocycles. The number of halogens is 4. The van der Waals surface area contributed by atoms with Crippen LogP contribution in [0.15, 0.2) is 18.2 Å². The van der Waals surface area contributed by atoms with E-state index in [1.54, 1.807) is 0 Å². The summed E-state index contributed by atoms with van der Waals surface area (Å²) in [5.74, 6) is 0. The van der Waals surface area contributed by atoms with Crippen molar-refractivity contribution in [1.82, 2.24) is 0 Å². The molecular formula is C9H5F3IN. The zero-order chi connectivity index (χ0) is 10.8. The molecule has 74 valence electrons. The highest BCUT2D eigenvalue weighted by atomic mass is 127. The van der Waals surface area contributed by atoms with Crippen LogP contribution in [0.25, 0.3) is 0 Å². The van der Waals surface area contributed by atoms with E-state index in [2.05, 4.69) is 0 Å². The Morgan fingerprint density at radius 3 is 2.43 bits per heavy atom. The summed E-state index contributed by atoms with van der Waals surface area (Å²) < 4.78 is 37.7. The number of benzene rings is 1. The highest BCUT2D eigenvalue weighted by molar-refractivity contribution is 14.1. The summed E-state index contributed by atoms with van der Waals surface area (Å²) in [6.07, 6.45) is -4.45. The van der Waals surface area contributed by atoms with Crippen LogP contribution in [-0.2, 0) is 10.6 Å². The number of hydrogen-bond donors (Lipinski definition) is 0. The highest BCUT2D eigenvalue weighted by Gasteiger charge is 2.33. The zero-order valence-electron chi connectivity index (χ0n) is 6.90. The van der Waals surface area contributed by atoms with Crippen molar-refractivity contribution in [2.24, 2.45) is 0 Å². The van der Waals surface area contributed by atoms with Crippen LogP contribution in [0.5, 0.6) is 0 Å². The van der Waals surface area contributed by atoms with Crippen molar-refractivity contribution >= 4 is 22.6 Å². The molecule has 0 aliphatic carbocycles. The summed E-state index contributed by atoms with van der Waals surface area (Å²) >= 11 is 1.97. The third kappa shape index (κ3) is 2.38. The van der Waals surface area contributed by atoms with Crippen LogP contribution >= 0.6 is 22.6 Å². The summed E-state index contributed by atoms with van der Waals surface area (Å²) in [5, 5.41) is 8.49. The molecular weight excluding hydrogens is 306 g/mol. The molecule has 0 N–H and O–H groups in total. The average molecular weight is 311 g/mol. The van der Waals surface area contributed by atoms with E-state index < -0.39 is 11.7 Å². The lowest BCUT2D eigenvalue weighted by Gasteiger charge is -2.09. The van der Waals surface area contributed by atoms with Crippen molar-refractivity contribution in [3.05, 3.63) is 34.9 Å². The molecule has 1 rings (SSSR count). The largest absolute Gasteiger partial charge is 0.417 e. The standard InChI is InChI=1S/C9H5F3IN/c10-9(11,12)8-3-6(4-13)1-2-7(8)5-14/h1-3H,4H2. The van der Waals surface area contributed by atoms with E-state index in [0.717, 1.165) is 6.07 Å². The third-order valence-electron chi connectivity index (χ3n) is 1.66. The van der Waals surface area contributed by atoms with Crippen molar-refractivity contribution in [3.63, 3.8) is 0 Å². The molecule has 0 spiro atoms. The van der Waals surface area contributed by atoms with Gasteiger partial charge in [-0.05, 0) is 17.7 Å². The molecule has 5 heteroatoms. The Morgan fingerprint density at radius 1 is 1.36 bits per heavy atom. The van der Waals surface area contributed by atoms with E-state index in [9.17, 15) is 13.2 Å². The van der Waals surface area contributed by atoms with E-state index in [-0.39, 0.29) is 5.56 Å². The Bertz CT molecular complexity index is 379. The molecule has 0 fully saturated rings. The first-order chi connectivity index (χ1) is 6.49. The van der Waals surface area contributed by atoms with Crippen molar-refractivity contribution in [2.75, 3.05) is 0 Å². The molecule has 14 heavy (non-hydrogen) atoms. The molecule has 1 nitrogen and oxygen atoms in total. The summed E-state index contributed by atoms with van der Waals surface area (Å²) in [6, 6.07) is 5.28. The van der Waals surface area contributed by atoms with Gasteiger partial charge in [0.15, 0.2) is 0 Å². The molecule has 0 unspecified atom stereocenters. The number of nitriles is 1. The molecule has 1 aromatic carbocycles. The molecule has 0 aliphatic heterocycles. The van der Waals surface area contributed by atoms with E-state index in [4.69, 9.17) is 5.26 Å². The molecule has 0 heterocycles. The summed E-state index contributed by atoms with van der Waals surface area (Å²) in [7, 11) is 0. The van der Waals surface area contributed by atoms with Crippen molar-refractivity contribution in [2.45, 2.75) is 10.6 Å². The number of rotatable bonds is 1. The van der Waals surface area contributed by atoms with Crippen LogP contribution in [0, 0.1) is 11.3 Å². The third-order valence-corrected chi connectivity index (χ3v) is 2.54. The topological polar surface area (TPSA) is 23.8 Å². The summed E-state index contributed by atoms with van der Waals surface area (Å²) in [5.41, 5.74) is -0.614. The van der Waals surface area contributed by atoms with Gasteiger partial charge in [-0.1, -0.05) is 28.7 Å². The van der Waals surface area contributed by atoms with Gasteiger partial charge in [0.2, 0.25) is 0 Å². The van der Waals surface area contributed by atoms with E-state index in [1.165, 1.54) is 18.2 Å². The van der Waals surface area contributed by atoms with E-state index in [1.807, 2.05) is 22.6 Å². The van der Waals surface area contributed by atoms with Gasteiger partial charge in [-0.25, -0.2) is 0 Å². The van der Waals surface area contributed by atoms with Gasteiger partial charge in [-0.3, -0.25) is 0 Å². The van der Waals surface area contributed by atoms with Gasteiger partial charge in [0.25, 0.3) is 0 Å². The first-order valence-corrected chi connectivity index (χ1v) is 5.17. The lowest BCUT2D eigenvalue weighted by molar-refractivity contribution is -0.137. The monoisotopic (exact) mass is 311 g/mol. The fourth-order valence-electron chi connectivity index (χ4n) is 1.01. The van der Waals surface area contributed by atoms with Gasteiger partial charge in [0.1, 0.15) is 0 Å². The quantitative estimate of drug-likeness (QED) is 0.575. The molecule has 0 aliphatic rings. The Morgan fingerprint density at radius 2 is 2.00 bits per heavy atom. The van der Waals surface area contributed by atoms with Crippen molar-refractivity contribution in [1.29, 1.82) is 5.26 Å². The van der Waals surface area contributed by atoms with Gasteiger partial charge in [0.05, 0.1) is 17.2 Å². The number of hydrogen-bond acceptors (Lipinski definition) is 1. The first kappa shape index (κ1) is 11.3. The smallest absolute Gasteiger partial charge is 0.192 e. The van der Waals surface area contributed by atoms with Crippen LogP contribution in [0.1, 0.15) is 16.7 Å². The molecule has 1 aromatic rings. The molecule has 0 bridgehead atoms. The van der Waals surface area contributed by atoms with Crippen LogP contribution in [0.2, 0.25) is 0 Å². The lowest BCUT2D eigenvalue weighted by Crippen LogP contribution is -2.08. The Hall–Kier alpha value is -0.770. The minimum Gasteiger partial charge on any atom is -0.192 e. The maximum absolute atomic E-state index is 12.4. The predicted molar refractivity (Wildman–Crippen MR) is 53.9 cm³/mol. The normalized spacial score (nSPS) is 11.1. The SMILES string of the molecule is N#Cc1ccc(CI)cc1C(F)(F)F. The van der Waals surface area contributed by atoms with E-state index >= 15 is 0 Å². The zero-order valence-corrected chi connectivity index (χ0v) is 9.06. The second kappa shape index (κ2) is 4.17. The Kier molecular flexibility index (Phi) is 3.37. The van der Waals surface area contributed by atoms with Crippen LogP contribution in [0.4, 0.5) is 13.2 Å². The van der Waals surface area contributed by atoms with Crippen LogP contribution in [-0.4, -0.2) is 0 Å². The van der Waals surface area contributed by atoms with Crippen molar-refractivity contribution in [3.8, 4) is 6.07 Å². The van der Waals surface area contributed by atoms with E-state index in [0.29, 0.717) is 9.99 Å². The molecule has 0 aromatic heterocycles. The molecule has 0 atom stereocenters. The fourth-order valence-corrected chi connectivity index (χ4v) is 1.48. The molecule has 0 amide bonds. The minimum atomic E-state index is -4.45. The second-order valence-electron chi connectivity index (χ2n) is 2.62. The van der Waals surface area contributed by atoms with Gasteiger partial charge in [-0.2, -0.15) is 18.4 Å². The maximum Gasteiger partial charge on any atom is 0.417 e. The molecule has 0 radical (unpaired) electrons. The predicted octanol–water partition coefficient (Wildman–Crippen LogP) is 3.51. The highest BCUT2D eigenvalue weighted by Crippen LogP contribution is 2.32. The summed E-state index contributed by atoms with van der Waals surface area (Å²) in [4.78, 5) is 0. The minimum absolute atomic E-state index is 0.328. The van der Waals surface area contributed by atoms with Crippen LogP contribution in [0.3, 0.4) is 0 Å². The van der Waals surface area contributed by atoms with Gasteiger partial charge < -0.3 is 0 Å². The van der Waals surface area contributed by atoms with Gasteiger partial charge >= 0.3 is 6.18 Å². The number of nitrogens with zero attached hydrogens (tertiary/aromatic N) is 1. The fraction of sp³-hybridized carbons (Fsp3) is 0.222. The number of alkyl halides is 4. The lowest BCUT2D eigenvalue weighted by atomic mass is 10.1. The Labute approximate surface area is 92.7 Å². The first-order valence-electron chi connectivity index (χ1n) is 3.65. The van der Waals surface area contributed by atoms with Gasteiger partial charge in [-0.15, -0.1) is 0 Å². The molecule has 0 saturated heterocycles. The summed E-state index contributed by atoms with van der Waals surface area (Å²) in [6.45, 7) is 0. The van der Waals surface area contributed by atoms with Crippen LogP contribution < -0.4 is 0 Å². The van der Waals surface area contributed by atoms with Gasteiger partial charge in [0, 0.05) is 4.43 Å². The maximum atomic E-state index is 12.4. The van der Waals surface area contributed by atoms with Crippen molar-refractivity contribution < 1.29 is 13.2 Å². The second-order valence-corrected chi connectivity index (χ2v) is 3.39.